The van der Waals surface area contributed by atoms with Gasteiger partial charge in [0.1, 0.15) is 6.04 Å². The van der Waals surface area contributed by atoms with Gasteiger partial charge in [0.05, 0.1) is 5.75 Å². The molecule has 0 aliphatic carbocycles. The van der Waals surface area contributed by atoms with Crippen LogP contribution in [0.3, 0.4) is 0 Å². The van der Waals surface area contributed by atoms with Gasteiger partial charge in [0.15, 0.2) is 0 Å². The Kier molecular flexibility index (Phi) is 9.44. The van der Waals surface area contributed by atoms with Crippen molar-refractivity contribution in [2.75, 3.05) is 5.75 Å². The topological polar surface area (TPSA) is 49.4 Å². The fraction of sp³-hybridized carbons (Fsp3) is 0.391. The molecular weight excluding hydrogens is 528 g/mol. The molecule has 2 aromatic carbocycles. The van der Waals surface area contributed by atoms with Crippen LogP contribution in [0.1, 0.15) is 38.8 Å². The molecule has 162 valence electrons. The van der Waals surface area contributed by atoms with Crippen molar-refractivity contribution in [2.24, 2.45) is 0 Å². The van der Waals surface area contributed by atoms with Crippen LogP contribution in [-0.4, -0.2) is 34.0 Å². The third kappa shape index (κ3) is 8.44. The standard InChI is InChI=1S/C23H28Br2N2O2S/c1-16(22(29)26-23(2,3)4)27(13-17-5-9-19(24)10-6-17)21(28)15-30-14-18-7-11-20(25)12-8-18/h5-12,16H,13-15H2,1-4H3,(H,26,29)/t16-/m0/s1. The Balaban J connectivity index is 2.08. The number of carbonyl (C=O) groups is 2. The first-order valence-electron chi connectivity index (χ1n) is 9.73. The van der Waals surface area contributed by atoms with E-state index in [4.69, 9.17) is 0 Å². The van der Waals surface area contributed by atoms with Gasteiger partial charge in [-0.05, 0) is 63.1 Å². The van der Waals surface area contributed by atoms with E-state index in [1.54, 1.807) is 23.6 Å². The number of benzene rings is 2. The molecule has 2 rings (SSSR count). The van der Waals surface area contributed by atoms with Crippen molar-refractivity contribution in [1.29, 1.82) is 0 Å². The van der Waals surface area contributed by atoms with E-state index in [-0.39, 0.29) is 17.4 Å². The number of thioether (sulfide) groups is 1. The highest BCUT2D eigenvalue weighted by Crippen LogP contribution is 2.19. The second-order valence-electron chi connectivity index (χ2n) is 8.18. The van der Waals surface area contributed by atoms with Gasteiger partial charge in [0.2, 0.25) is 11.8 Å². The van der Waals surface area contributed by atoms with Gasteiger partial charge in [0, 0.05) is 26.8 Å². The summed E-state index contributed by atoms with van der Waals surface area (Å²) in [5.41, 5.74) is 1.79. The Morgan fingerprint density at radius 2 is 1.47 bits per heavy atom. The van der Waals surface area contributed by atoms with E-state index in [9.17, 15) is 9.59 Å². The smallest absolute Gasteiger partial charge is 0.242 e. The quantitative estimate of drug-likeness (QED) is 0.449. The van der Waals surface area contributed by atoms with Crippen LogP contribution < -0.4 is 5.32 Å². The van der Waals surface area contributed by atoms with Gasteiger partial charge in [-0.2, -0.15) is 0 Å². The van der Waals surface area contributed by atoms with Crippen LogP contribution in [0.4, 0.5) is 0 Å². The first kappa shape index (κ1) is 25.0. The molecule has 0 saturated heterocycles. The molecule has 7 heteroatoms. The Hall–Kier alpha value is -1.31. The zero-order valence-electron chi connectivity index (χ0n) is 17.7. The lowest BCUT2D eigenvalue weighted by atomic mass is 10.1. The number of amides is 2. The van der Waals surface area contributed by atoms with E-state index in [0.717, 1.165) is 25.8 Å². The Bertz CT molecular complexity index is 849. The minimum Gasteiger partial charge on any atom is -0.350 e. The minimum atomic E-state index is -0.561. The molecule has 0 fully saturated rings. The maximum atomic E-state index is 13.1. The van der Waals surface area contributed by atoms with E-state index >= 15 is 0 Å². The first-order valence-corrected chi connectivity index (χ1v) is 12.5. The minimum absolute atomic E-state index is 0.0448. The fourth-order valence-corrected chi connectivity index (χ4v) is 4.16. The number of halogens is 2. The molecule has 2 amide bonds. The van der Waals surface area contributed by atoms with Crippen LogP contribution in [-0.2, 0) is 21.9 Å². The van der Waals surface area contributed by atoms with Crippen molar-refractivity contribution < 1.29 is 9.59 Å². The molecule has 4 nitrogen and oxygen atoms in total. The normalized spacial score (nSPS) is 12.3. The summed E-state index contributed by atoms with van der Waals surface area (Å²) in [6, 6.07) is 15.3. The van der Waals surface area contributed by atoms with Crippen molar-refractivity contribution in [3.05, 3.63) is 68.6 Å². The lowest BCUT2D eigenvalue weighted by molar-refractivity contribution is -0.139. The van der Waals surface area contributed by atoms with E-state index < -0.39 is 6.04 Å². The zero-order chi connectivity index (χ0) is 22.3. The van der Waals surface area contributed by atoms with E-state index in [1.165, 1.54) is 0 Å². The van der Waals surface area contributed by atoms with E-state index in [2.05, 4.69) is 37.2 Å². The molecule has 0 aliphatic rings. The van der Waals surface area contributed by atoms with Gasteiger partial charge in [-0.3, -0.25) is 9.59 Å². The van der Waals surface area contributed by atoms with Gasteiger partial charge in [-0.15, -0.1) is 11.8 Å². The van der Waals surface area contributed by atoms with Crippen LogP contribution in [0.2, 0.25) is 0 Å². The summed E-state index contributed by atoms with van der Waals surface area (Å²) < 4.78 is 2.01. The van der Waals surface area contributed by atoms with Crippen LogP contribution in [0.15, 0.2) is 57.5 Å². The fourth-order valence-electron chi connectivity index (χ4n) is 2.76. The highest BCUT2D eigenvalue weighted by atomic mass is 79.9. The summed E-state index contributed by atoms with van der Waals surface area (Å²) in [6.45, 7) is 7.99. The largest absolute Gasteiger partial charge is 0.350 e. The monoisotopic (exact) mass is 554 g/mol. The van der Waals surface area contributed by atoms with Crippen LogP contribution in [0.25, 0.3) is 0 Å². The van der Waals surface area contributed by atoms with Crippen molar-refractivity contribution in [1.82, 2.24) is 10.2 Å². The predicted molar refractivity (Wildman–Crippen MR) is 132 cm³/mol. The van der Waals surface area contributed by atoms with Crippen molar-refractivity contribution >= 4 is 55.4 Å². The lowest BCUT2D eigenvalue weighted by Gasteiger charge is -2.31. The molecular formula is C23H28Br2N2O2S. The average Bonchev–Trinajstić information content (AvgIpc) is 2.67. The molecule has 0 unspecified atom stereocenters. The molecule has 0 spiro atoms. The summed E-state index contributed by atoms with van der Waals surface area (Å²) in [5, 5.41) is 2.98. The van der Waals surface area contributed by atoms with Gasteiger partial charge in [-0.25, -0.2) is 0 Å². The second-order valence-corrected chi connectivity index (χ2v) is 11.0. The molecule has 0 bridgehead atoms. The third-order valence-electron chi connectivity index (χ3n) is 4.34. The summed E-state index contributed by atoms with van der Waals surface area (Å²) in [4.78, 5) is 27.5. The predicted octanol–water partition coefficient (Wildman–Crippen LogP) is 5.78. The SMILES string of the molecule is C[C@@H](C(=O)NC(C)(C)C)N(Cc1ccc(Br)cc1)C(=O)CSCc1ccc(Br)cc1. The molecule has 0 heterocycles. The molecule has 0 aliphatic heterocycles. The third-order valence-corrected chi connectivity index (χ3v) is 6.39. The molecule has 30 heavy (non-hydrogen) atoms. The summed E-state index contributed by atoms with van der Waals surface area (Å²) in [5.74, 6) is 0.871. The zero-order valence-corrected chi connectivity index (χ0v) is 21.7. The number of nitrogens with one attached hydrogen (secondary N) is 1. The molecule has 2 aromatic rings. The number of hydrogen-bond donors (Lipinski definition) is 1. The van der Waals surface area contributed by atoms with Gasteiger partial charge < -0.3 is 10.2 Å². The van der Waals surface area contributed by atoms with Gasteiger partial charge in [-0.1, -0.05) is 56.1 Å². The summed E-state index contributed by atoms with van der Waals surface area (Å²) in [6.07, 6.45) is 0. The molecule has 0 saturated carbocycles. The van der Waals surface area contributed by atoms with Crippen LogP contribution in [0.5, 0.6) is 0 Å². The van der Waals surface area contributed by atoms with E-state index in [0.29, 0.717) is 12.3 Å². The van der Waals surface area contributed by atoms with Gasteiger partial charge in [0.25, 0.3) is 0 Å². The number of rotatable bonds is 8. The number of nitrogens with zero attached hydrogens (tertiary/aromatic N) is 1. The first-order chi connectivity index (χ1) is 14.0. The molecule has 1 atom stereocenters. The Morgan fingerprint density at radius 3 is 1.97 bits per heavy atom. The number of hydrogen-bond acceptors (Lipinski definition) is 3. The van der Waals surface area contributed by atoms with Crippen molar-refractivity contribution in [3.63, 3.8) is 0 Å². The van der Waals surface area contributed by atoms with E-state index in [1.807, 2.05) is 69.3 Å². The number of carbonyl (C=O) groups excluding carboxylic acids is 2. The summed E-state index contributed by atoms with van der Waals surface area (Å²) in [7, 11) is 0. The molecule has 1 N–H and O–H groups in total. The highest BCUT2D eigenvalue weighted by Gasteiger charge is 2.28. The van der Waals surface area contributed by atoms with Crippen LogP contribution >= 0.6 is 43.6 Å². The molecule has 0 aromatic heterocycles. The van der Waals surface area contributed by atoms with Crippen molar-refractivity contribution in [2.45, 2.75) is 51.6 Å². The lowest BCUT2D eigenvalue weighted by Crippen LogP contribution is -2.52. The Labute approximate surface area is 200 Å². The van der Waals surface area contributed by atoms with Crippen molar-refractivity contribution in [3.8, 4) is 0 Å². The summed E-state index contributed by atoms with van der Waals surface area (Å²) >= 11 is 8.43. The van der Waals surface area contributed by atoms with Crippen LogP contribution in [0, 0.1) is 0 Å². The average molecular weight is 556 g/mol. The maximum Gasteiger partial charge on any atom is 0.242 e. The van der Waals surface area contributed by atoms with Gasteiger partial charge >= 0.3 is 0 Å². The second kappa shape index (κ2) is 11.3. The maximum absolute atomic E-state index is 13.1. The Morgan fingerprint density at radius 1 is 0.967 bits per heavy atom. The molecule has 0 radical (unpaired) electrons. The highest BCUT2D eigenvalue weighted by molar-refractivity contribution is 9.10.